The molecule has 20 amide bonds. The molecule has 128 heavy (non-hydrogen) atoms. The van der Waals surface area contributed by atoms with Gasteiger partial charge in [0, 0.05) is 128 Å². The number of benzene rings is 2. The van der Waals surface area contributed by atoms with Crippen LogP contribution in [0.5, 0.6) is 0 Å². The van der Waals surface area contributed by atoms with Crippen molar-refractivity contribution in [2.75, 3.05) is 66.4 Å². The Hall–Kier alpha value is -12.4. The molecule has 1 saturated heterocycles. The van der Waals surface area contributed by atoms with Crippen LogP contribution in [0.2, 0.25) is 0 Å². The van der Waals surface area contributed by atoms with Crippen LogP contribution in [0.15, 0.2) is 103 Å². The monoisotopic (exact) mass is 1780 g/mol. The number of aliphatic hydroxyl groups excluding tert-OH is 1. The van der Waals surface area contributed by atoms with Crippen LogP contribution in [-0.2, 0) is 102 Å². The number of hydrogen-bond donors (Lipinski definition) is 10. The van der Waals surface area contributed by atoms with E-state index in [-0.39, 0.29) is 81.6 Å². The summed E-state index contributed by atoms with van der Waals surface area (Å²) in [5, 5.41) is 32.8. The molecule has 5 aliphatic heterocycles. The molecule has 15 atom stereocenters. The van der Waals surface area contributed by atoms with E-state index in [9.17, 15) is 96.2 Å². The van der Waals surface area contributed by atoms with Gasteiger partial charge in [-0.05, 0) is 98.8 Å². The van der Waals surface area contributed by atoms with Gasteiger partial charge in [-0.25, -0.2) is 9.59 Å². The number of imide groups is 4. The number of primary amides is 1. The van der Waals surface area contributed by atoms with Crippen molar-refractivity contribution >= 4 is 118 Å². The molecule has 39 heteroatoms. The number of likely N-dealkylation sites (tertiary alicyclic amines) is 1. The lowest BCUT2D eigenvalue weighted by Gasteiger charge is -2.41. The summed E-state index contributed by atoms with van der Waals surface area (Å²) in [5.74, 6) is -13.9. The zero-order valence-electron chi connectivity index (χ0n) is 75.1. The van der Waals surface area contributed by atoms with Crippen molar-refractivity contribution in [2.45, 2.75) is 232 Å². The van der Waals surface area contributed by atoms with Crippen LogP contribution in [-0.4, -0.2) is 286 Å². The number of carbonyl (C=O) groups excluding carboxylic acids is 19. The molecule has 0 aromatic heterocycles. The number of amides is 20. The Morgan fingerprint density at radius 2 is 1.08 bits per heavy atom. The lowest BCUT2D eigenvalue weighted by Crippen LogP contribution is -2.60. The highest BCUT2D eigenvalue weighted by Gasteiger charge is 2.46. The van der Waals surface area contributed by atoms with Gasteiger partial charge in [0.15, 0.2) is 0 Å². The van der Waals surface area contributed by atoms with Crippen molar-refractivity contribution in [2.24, 2.45) is 35.3 Å². The zero-order valence-corrected chi connectivity index (χ0v) is 75.1. The third kappa shape index (κ3) is 28.3. The van der Waals surface area contributed by atoms with Gasteiger partial charge in [0.05, 0.1) is 73.9 Å². The second kappa shape index (κ2) is 48.5. The molecule has 5 heterocycles. The van der Waals surface area contributed by atoms with Crippen molar-refractivity contribution in [3.8, 4) is 0 Å². The summed E-state index contributed by atoms with van der Waals surface area (Å²) in [6.45, 7) is 16.4. The molecule has 7 rings (SSSR count). The molecular formula is C89H124N16O23. The topological polar surface area (TPSA) is 517 Å². The van der Waals surface area contributed by atoms with E-state index in [2.05, 4.69) is 42.5 Å². The number of ether oxygens (including phenoxy) is 3. The Balaban J connectivity index is 0.963. The predicted octanol–water partition coefficient (Wildman–Crippen LogP) is 1.97. The van der Waals surface area contributed by atoms with Gasteiger partial charge in [-0.3, -0.25) is 106 Å². The Morgan fingerprint density at radius 1 is 0.555 bits per heavy atom. The molecule has 11 N–H and O–H groups in total. The number of hydrogen-bond acceptors (Lipinski definition) is 23. The molecule has 1 fully saturated rings. The summed E-state index contributed by atoms with van der Waals surface area (Å²) in [7, 11) is 5.96. The Labute approximate surface area is 744 Å². The van der Waals surface area contributed by atoms with E-state index in [4.69, 9.17) is 19.9 Å². The van der Waals surface area contributed by atoms with Crippen molar-refractivity contribution in [3.63, 3.8) is 0 Å². The fourth-order valence-electron chi connectivity index (χ4n) is 16.2. The summed E-state index contributed by atoms with van der Waals surface area (Å²) >= 11 is 0. The van der Waals surface area contributed by atoms with Crippen molar-refractivity contribution in [1.82, 2.24) is 71.5 Å². The highest BCUT2D eigenvalue weighted by Crippen LogP contribution is 2.32. The van der Waals surface area contributed by atoms with Crippen LogP contribution < -0.4 is 48.3 Å². The quantitative estimate of drug-likeness (QED) is 0.0334. The minimum Gasteiger partial charge on any atom is -0.445 e. The number of nitrogens with two attached hydrogens (primary N) is 1. The Bertz CT molecular complexity index is 4440. The van der Waals surface area contributed by atoms with Gasteiger partial charge < -0.3 is 77.4 Å². The fourth-order valence-corrected chi connectivity index (χ4v) is 16.2. The van der Waals surface area contributed by atoms with Gasteiger partial charge in [-0.15, -0.1) is 0 Å². The first-order valence-electron chi connectivity index (χ1n) is 43.2. The molecular weight excluding hydrogens is 1660 g/mol. The maximum absolute atomic E-state index is 14.9. The first-order chi connectivity index (χ1) is 60.6. The Kier molecular flexibility index (Phi) is 38.9. The second-order valence-electron chi connectivity index (χ2n) is 33.8. The molecule has 0 radical (unpaired) electrons. The van der Waals surface area contributed by atoms with E-state index >= 15 is 0 Å². The molecule has 5 aliphatic rings. The SMILES string of the molecule is CC[C@H](C)[C@@H]([C@@H](CC(=O)N1CCC[C@H]1[C@H](OC)[C@@H](C)C(=O)N[C@H](C)[C@@H](O)c1ccccc1)OC)N(C)C(=O)[C@@H](NC(=O)[C@H](C(C)C)N(C)C(=O)OCc1ccc(NC(=O)[C@H](CCCNC(N)=O)NC(=O)[C@@H](NC(=O)CCC(CNC(=O)CCC(CN2C(=O)C=CC2=O)N2C(=O)C=CC2=O)NC(=O)CCC(CN2C(=O)C=CC2=O)N2C(=O)C=CC2=O)C(C)C)cc1)C(C)C. The van der Waals surface area contributed by atoms with Crippen molar-refractivity contribution in [3.05, 3.63) is 114 Å². The summed E-state index contributed by atoms with van der Waals surface area (Å²) in [5.41, 5.74) is 6.63. The van der Waals surface area contributed by atoms with Crippen molar-refractivity contribution < 1.29 is 110 Å². The molecule has 0 bridgehead atoms. The zero-order chi connectivity index (χ0) is 94.7. The highest BCUT2D eigenvalue weighted by molar-refractivity contribution is 6.16. The minimum absolute atomic E-state index is 0.0120. The standard InChI is InChI=1S/C89H124N16O23/c1-15-53(8)80(64(126-13)45-76(117)101-44-20-24-63(101)82(127-14)54(9)83(119)93-55(10)81(118)57-21-17-16-18-22-57)99(11)87(123)78(51(4)5)98-86(122)79(52(6)7)100(12)89(125)128-49-56-25-27-58(28-26-56)95-84(120)62(23-19-43-91-88(90)124)96-85(121)77(50(2)3)97-67(108)32-29-59(94-66(107)34-31-61(105-74(115)41-42-75(105)116)48-103-70(111)37-38-71(103)112)46-92-65(106)33-30-60(104-72(113)39-40-73(104)114)47-102-68(109)35-36-69(102)110/h16-18,21-22,25-28,35-42,50-55,59-64,77-82,118H,15,19-20,23-24,29-34,43-49H2,1-14H3,(H,92,106)(H,93,119)(H,94,107)(H,95,120)(H,96,121)(H,97,108)(H,98,122)(H3,90,91,124)/t53-,54+,55+,59?,60?,61?,62-,63-,64+,77-,78-,79-,80-,81+,82+/m0/s1. The van der Waals surface area contributed by atoms with Crippen LogP contribution in [0.3, 0.4) is 0 Å². The average molecular weight is 1790 g/mol. The molecule has 698 valence electrons. The van der Waals surface area contributed by atoms with E-state index in [1.807, 2.05) is 19.9 Å². The summed E-state index contributed by atoms with van der Waals surface area (Å²) in [4.78, 5) is 263. The molecule has 0 aliphatic carbocycles. The third-order valence-corrected chi connectivity index (χ3v) is 23.6. The number of carbonyl (C=O) groups is 19. The first kappa shape index (κ1) is 103. The number of nitrogens with one attached hydrogen (secondary N) is 8. The normalized spacial score (nSPS) is 18.2. The number of likely N-dealkylation sites (N-methyl/N-ethyl adjacent to an activating group) is 2. The first-order valence-corrected chi connectivity index (χ1v) is 43.2. The van der Waals surface area contributed by atoms with Crippen LogP contribution >= 0.6 is 0 Å². The number of methoxy groups -OCH3 is 2. The van der Waals surface area contributed by atoms with Crippen LogP contribution in [0.1, 0.15) is 164 Å². The average Bonchev–Trinajstić information content (AvgIpc) is 1.61. The summed E-state index contributed by atoms with van der Waals surface area (Å²) in [6.07, 6.45) is 4.28. The maximum Gasteiger partial charge on any atom is 0.410 e. The lowest BCUT2D eigenvalue weighted by molar-refractivity contribution is -0.148. The Morgan fingerprint density at radius 3 is 1.59 bits per heavy atom. The van der Waals surface area contributed by atoms with Gasteiger partial charge in [-0.1, -0.05) is 111 Å². The predicted molar refractivity (Wildman–Crippen MR) is 463 cm³/mol. The maximum atomic E-state index is 14.9. The van der Waals surface area contributed by atoms with Gasteiger partial charge in [0.1, 0.15) is 30.8 Å². The van der Waals surface area contributed by atoms with Gasteiger partial charge in [0.2, 0.25) is 53.2 Å². The second-order valence-corrected chi connectivity index (χ2v) is 33.8. The van der Waals surface area contributed by atoms with Crippen LogP contribution in [0.25, 0.3) is 0 Å². The molecule has 39 nitrogen and oxygen atoms in total. The lowest BCUT2D eigenvalue weighted by atomic mass is 9.89. The minimum atomic E-state index is -1.32. The molecule has 2 aromatic rings. The molecule has 3 unspecified atom stereocenters. The van der Waals surface area contributed by atoms with Gasteiger partial charge in [-0.2, -0.15) is 0 Å². The van der Waals surface area contributed by atoms with E-state index in [1.165, 1.54) is 38.3 Å². The van der Waals surface area contributed by atoms with Gasteiger partial charge in [0.25, 0.3) is 47.3 Å². The van der Waals surface area contributed by atoms with Crippen LogP contribution in [0, 0.1) is 29.6 Å². The smallest absolute Gasteiger partial charge is 0.410 e. The van der Waals surface area contributed by atoms with E-state index in [0.29, 0.717) is 36.9 Å². The number of aliphatic hydroxyl groups is 1. The van der Waals surface area contributed by atoms with Crippen LogP contribution in [0.4, 0.5) is 15.3 Å². The molecule has 0 spiro atoms. The molecule has 0 saturated carbocycles. The summed E-state index contributed by atoms with van der Waals surface area (Å²) in [6, 6.07) is 4.09. The van der Waals surface area contributed by atoms with E-state index in [0.717, 1.165) is 73.1 Å². The van der Waals surface area contributed by atoms with E-state index in [1.54, 1.807) is 104 Å². The largest absolute Gasteiger partial charge is 0.445 e. The number of nitrogens with zero attached hydrogens (tertiary/aromatic N) is 7. The number of rotatable bonds is 50. The highest BCUT2D eigenvalue weighted by atomic mass is 16.6. The molecule has 2 aromatic carbocycles. The summed E-state index contributed by atoms with van der Waals surface area (Å²) < 4.78 is 17.8. The van der Waals surface area contributed by atoms with E-state index < -0.39 is 235 Å². The number of anilines is 1. The number of urea groups is 1. The third-order valence-electron chi connectivity index (χ3n) is 23.6. The van der Waals surface area contributed by atoms with Crippen molar-refractivity contribution in [1.29, 1.82) is 0 Å². The fraction of sp³-hybridized carbons (Fsp3) is 0.562. The van der Waals surface area contributed by atoms with Gasteiger partial charge >= 0.3 is 12.1 Å².